The van der Waals surface area contributed by atoms with Crippen LogP contribution in [0.5, 0.6) is 5.75 Å². The van der Waals surface area contributed by atoms with Crippen LogP contribution in [0.2, 0.25) is 0 Å². The molecule has 0 bridgehead atoms. The molecule has 20 heavy (non-hydrogen) atoms. The van der Waals surface area contributed by atoms with E-state index in [0.717, 1.165) is 18.8 Å². The van der Waals surface area contributed by atoms with Crippen molar-refractivity contribution in [2.75, 3.05) is 33.4 Å². The van der Waals surface area contributed by atoms with Crippen molar-refractivity contribution in [1.29, 1.82) is 0 Å². The van der Waals surface area contributed by atoms with E-state index in [0.29, 0.717) is 18.8 Å². The first kappa shape index (κ1) is 16.7. The van der Waals surface area contributed by atoms with Gasteiger partial charge in [-0.15, -0.1) is 0 Å². The van der Waals surface area contributed by atoms with Crippen molar-refractivity contribution < 1.29 is 14.3 Å². The Balaban J connectivity index is 2.67. The minimum atomic E-state index is -0.145. The number of likely N-dealkylation sites (N-methyl/N-ethyl adjacent to an activating group) is 1. The highest BCUT2D eigenvalue weighted by Crippen LogP contribution is 2.14. The molecule has 1 aromatic carbocycles. The summed E-state index contributed by atoms with van der Waals surface area (Å²) in [6.07, 6.45) is 0. The van der Waals surface area contributed by atoms with Gasteiger partial charge in [-0.05, 0) is 44.7 Å². The van der Waals surface area contributed by atoms with Crippen molar-refractivity contribution in [2.45, 2.75) is 26.8 Å². The van der Waals surface area contributed by atoms with Crippen LogP contribution < -0.4 is 4.74 Å². The number of Topliss-reactive ketones (excluding diaryl/α,β-unsaturated/α-hetero) is 1. The van der Waals surface area contributed by atoms with E-state index in [9.17, 15) is 4.79 Å². The van der Waals surface area contributed by atoms with E-state index in [1.165, 1.54) is 0 Å². The quantitative estimate of drug-likeness (QED) is 0.514. The van der Waals surface area contributed by atoms with Gasteiger partial charge < -0.3 is 9.47 Å². The van der Waals surface area contributed by atoms with Gasteiger partial charge in [0.05, 0.1) is 19.8 Å². The summed E-state index contributed by atoms with van der Waals surface area (Å²) in [6, 6.07) is 7.11. The summed E-state index contributed by atoms with van der Waals surface area (Å²) in [5, 5.41) is 0. The van der Waals surface area contributed by atoms with Gasteiger partial charge in [0.2, 0.25) is 0 Å². The normalized spacial score (nSPS) is 12.4. The van der Waals surface area contributed by atoms with Crippen LogP contribution >= 0.6 is 0 Å². The average molecular weight is 279 g/mol. The highest BCUT2D eigenvalue weighted by molar-refractivity contribution is 5.99. The number of carbonyl (C=O) groups excluding carboxylic acids is 1. The highest BCUT2D eigenvalue weighted by atomic mass is 16.5. The van der Waals surface area contributed by atoms with E-state index < -0.39 is 0 Å². The van der Waals surface area contributed by atoms with E-state index in [2.05, 4.69) is 11.8 Å². The fourth-order valence-electron chi connectivity index (χ4n) is 2.11. The molecule has 0 aliphatic rings. The van der Waals surface area contributed by atoms with Crippen LogP contribution in [0.25, 0.3) is 0 Å². The summed E-state index contributed by atoms with van der Waals surface area (Å²) < 4.78 is 10.5. The number of methoxy groups -OCH3 is 1. The minimum Gasteiger partial charge on any atom is -0.497 e. The molecule has 0 aromatic heterocycles. The number of rotatable bonds is 9. The van der Waals surface area contributed by atoms with Gasteiger partial charge in [0, 0.05) is 18.7 Å². The third-order valence-electron chi connectivity index (χ3n) is 3.43. The molecule has 0 fully saturated rings. The van der Waals surface area contributed by atoms with Gasteiger partial charge in [-0.2, -0.15) is 0 Å². The zero-order valence-corrected chi connectivity index (χ0v) is 12.9. The number of carbonyl (C=O) groups is 1. The zero-order valence-electron chi connectivity index (χ0n) is 12.9. The maximum atomic E-state index is 12.5. The molecule has 0 aliphatic heterocycles. The molecule has 1 aromatic rings. The first-order valence-electron chi connectivity index (χ1n) is 7.14. The van der Waals surface area contributed by atoms with Gasteiger partial charge in [0.25, 0.3) is 0 Å². The molecule has 4 nitrogen and oxygen atoms in total. The fourth-order valence-corrected chi connectivity index (χ4v) is 2.11. The molecule has 0 amide bonds. The Kier molecular flexibility index (Phi) is 7.26. The Hall–Kier alpha value is -1.39. The molecule has 1 atom stereocenters. The van der Waals surface area contributed by atoms with Crippen molar-refractivity contribution in [3.63, 3.8) is 0 Å². The van der Waals surface area contributed by atoms with Crippen molar-refractivity contribution in [1.82, 2.24) is 4.90 Å². The van der Waals surface area contributed by atoms with Gasteiger partial charge in [-0.1, -0.05) is 6.92 Å². The van der Waals surface area contributed by atoms with Crippen molar-refractivity contribution in [3.8, 4) is 5.75 Å². The Morgan fingerprint density at radius 2 is 1.90 bits per heavy atom. The monoisotopic (exact) mass is 279 g/mol. The summed E-state index contributed by atoms with van der Waals surface area (Å²) >= 11 is 0. The largest absolute Gasteiger partial charge is 0.497 e. The lowest BCUT2D eigenvalue weighted by atomic mass is 10.0. The third-order valence-corrected chi connectivity index (χ3v) is 3.43. The minimum absolute atomic E-state index is 0.131. The molecule has 112 valence electrons. The summed E-state index contributed by atoms with van der Waals surface area (Å²) in [5.74, 6) is 0.892. The number of hydrogen-bond acceptors (Lipinski definition) is 4. The number of ether oxygens (including phenoxy) is 2. The van der Waals surface area contributed by atoms with Gasteiger partial charge in [-0.3, -0.25) is 9.69 Å². The summed E-state index contributed by atoms with van der Waals surface area (Å²) in [7, 11) is 1.62. The molecule has 1 rings (SSSR count). The van der Waals surface area contributed by atoms with E-state index in [1.54, 1.807) is 7.11 Å². The zero-order chi connectivity index (χ0) is 15.0. The number of nitrogens with zero attached hydrogens (tertiary/aromatic N) is 1. The smallest absolute Gasteiger partial charge is 0.179 e. The molecule has 0 aliphatic carbocycles. The lowest BCUT2D eigenvalue weighted by Crippen LogP contribution is -2.40. The van der Waals surface area contributed by atoms with Crippen LogP contribution in [0, 0.1) is 0 Å². The number of benzene rings is 1. The standard InChI is InChI=1S/C16H25NO3/c1-5-17(11-12-20-6-2)13(3)16(18)14-7-9-15(19-4)10-8-14/h7-10,13H,5-6,11-12H2,1-4H3. The van der Waals surface area contributed by atoms with Gasteiger partial charge in [0.15, 0.2) is 5.78 Å². The lowest BCUT2D eigenvalue weighted by molar-refractivity contribution is 0.0740. The molecule has 0 N–H and O–H groups in total. The molecule has 1 unspecified atom stereocenters. The lowest BCUT2D eigenvalue weighted by Gasteiger charge is -2.26. The molecule has 0 spiro atoms. The maximum Gasteiger partial charge on any atom is 0.179 e. The first-order valence-corrected chi connectivity index (χ1v) is 7.14. The van der Waals surface area contributed by atoms with Gasteiger partial charge in [-0.25, -0.2) is 0 Å². The Labute approximate surface area is 121 Å². The van der Waals surface area contributed by atoms with Crippen molar-refractivity contribution in [3.05, 3.63) is 29.8 Å². The predicted octanol–water partition coefficient (Wildman–Crippen LogP) is 2.62. The first-order chi connectivity index (χ1) is 9.63. The van der Waals surface area contributed by atoms with Crippen LogP contribution in [0.4, 0.5) is 0 Å². The van der Waals surface area contributed by atoms with Gasteiger partial charge >= 0.3 is 0 Å². The molecule has 0 saturated heterocycles. The van der Waals surface area contributed by atoms with Crippen LogP contribution in [0.3, 0.4) is 0 Å². The van der Waals surface area contributed by atoms with Gasteiger partial charge in [0.1, 0.15) is 5.75 Å². The molecule has 0 saturated carbocycles. The van der Waals surface area contributed by atoms with Crippen LogP contribution in [-0.2, 0) is 4.74 Å². The summed E-state index contributed by atoms with van der Waals surface area (Å²) in [5.41, 5.74) is 0.716. The van der Waals surface area contributed by atoms with Crippen molar-refractivity contribution in [2.24, 2.45) is 0 Å². The van der Waals surface area contributed by atoms with Crippen LogP contribution in [0.1, 0.15) is 31.1 Å². The molecule has 0 radical (unpaired) electrons. The second-order valence-electron chi connectivity index (χ2n) is 4.59. The van der Waals surface area contributed by atoms with Crippen molar-refractivity contribution >= 4 is 5.78 Å². The van der Waals surface area contributed by atoms with E-state index >= 15 is 0 Å². The van der Waals surface area contributed by atoms with E-state index in [-0.39, 0.29) is 11.8 Å². The van der Waals surface area contributed by atoms with Crippen LogP contribution in [0.15, 0.2) is 24.3 Å². The molecular formula is C16H25NO3. The Bertz CT molecular complexity index is 403. The SMILES string of the molecule is CCOCCN(CC)C(C)C(=O)c1ccc(OC)cc1. The second kappa shape index (κ2) is 8.72. The average Bonchev–Trinajstić information content (AvgIpc) is 2.50. The summed E-state index contributed by atoms with van der Waals surface area (Å²) in [4.78, 5) is 14.6. The third kappa shape index (κ3) is 4.62. The Morgan fingerprint density at radius 1 is 1.25 bits per heavy atom. The predicted molar refractivity (Wildman–Crippen MR) is 80.5 cm³/mol. The second-order valence-corrected chi connectivity index (χ2v) is 4.59. The molecule has 0 heterocycles. The highest BCUT2D eigenvalue weighted by Gasteiger charge is 2.21. The van der Waals surface area contributed by atoms with E-state index in [4.69, 9.17) is 9.47 Å². The summed E-state index contributed by atoms with van der Waals surface area (Å²) in [6.45, 7) is 8.94. The number of ketones is 1. The Morgan fingerprint density at radius 3 is 2.40 bits per heavy atom. The van der Waals surface area contributed by atoms with Crippen LogP contribution in [-0.4, -0.2) is 50.1 Å². The number of hydrogen-bond donors (Lipinski definition) is 0. The maximum absolute atomic E-state index is 12.5. The fraction of sp³-hybridized carbons (Fsp3) is 0.562. The molecular weight excluding hydrogens is 254 g/mol. The topological polar surface area (TPSA) is 38.8 Å². The molecule has 4 heteroatoms. The van der Waals surface area contributed by atoms with E-state index in [1.807, 2.05) is 38.1 Å².